The molecule has 2 aliphatic carbocycles. The van der Waals surface area contributed by atoms with Crippen molar-refractivity contribution in [3.05, 3.63) is 58.7 Å². The molecular formula is C20H26F2Zr-2. The minimum atomic E-state index is -3.70. The summed E-state index contributed by atoms with van der Waals surface area (Å²) in [5.41, 5.74) is 6.39. The first-order chi connectivity index (χ1) is 11.2. The SMILES string of the molecule is C[CH]=[Zr]([F])[F].c1cc2c([cH-]1)CCCC2.c1cc2c([cH-]1)CCCC2. The van der Waals surface area contributed by atoms with Gasteiger partial charge >= 0.3 is 38.4 Å². The summed E-state index contributed by atoms with van der Waals surface area (Å²) in [6.07, 6.45) is 10.9. The minimum absolute atomic E-state index is 1.03. The second-order valence-electron chi connectivity index (χ2n) is 6.15. The summed E-state index contributed by atoms with van der Waals surface area (Å²) in [5, 5.41) is 0. The van der Waals surface area contributed by atoms with E-state index in [2.05, 4.69) is 36.4 Å². The van der Waals surface area contributed by atoms with Gasteiger partial charge in [-0.1, -0.05) is 51.4 Å². The maximum Gasteiger partial charge on any atom is -0.0512 e. The molecule has 0 spiro atoms. The second kappa shape index (κ2) is 10.2. The maximum atomic E-state index is 10.9. The van der Waals surface area contributed by atoms with Gasteiger partial charge in [-0.2, -0.15) is 46.5 Å². The van der Waals surface area contributed by atoms with Crippen LogP contribution in [0, 0.1) is 0 Å². The molecule has 2 aliphatic rings. The zero-order chi connectivity index (χ0) is 16.5. The average Bonchev–Trinajstić information content (AvgIpc) is 3.24. The van der Waals surface area contributed by atoms with Gasteiger partial charge in [0.15, 0.2) is 0 Å². The molecule has 0 aliphatic heterocycles. The van der Waals surface area contributed by atoms with E-state index in [1.165, 1.54) is 58.3 Å². The molecule has 2 aromatic rings. The molecular weight excluding hydrogens is 369 g/mol. The predicted molar refractivity (Wildman–Crippen MR) is 91.3 cm³/mol. The van der Waals surface area contributed by atoms with Crippen LogP contribution in [-0.2, 0) is 48.2 Å². The normalized spacial score (nSPS) is 15.1. The van der Waals surface area contributed by atoms with Gasteiger partial charge < -0.3 is 0 Å². The van der Waals surface area contributed by atoms with Gasteiger partial charge in [-0.3, -0.25) is 0 Å². The van der Waals surface area contributed by atoms with Gasteiger partial charge in [0, 0.05) is 0 Å². The van der Waals surface area contributed by atoms with E-state index in [1.54, 1.807) is 22.3 Å². The standard InChI is InChI=1S/2C9H11.C2H4.2FH.Zr/c2*1-2-5-9-7-3-6-8(9)4-1;1-2;;;/h2*3,6-7H,1-2,4-5H2;1H,2H3;2*1H;/q2*-1;;;;+2/p-2. The number of hydrogen-bond acceptors (Lipinski definition) is 0. The van der Waals surface area contributed by atoms with E-state index in [0.29, 0.717) is 0 Å². The summed E-state index contributed by atoms with van der Waals surface area (Å²) >= 11 is -3.70. The Morgan fingerprint density at radius 3 is 1.57 bits per heavy atom. The summed E-state index contributed by atoms with van der Waals surface area (Å²) < 4.78 is 22.8. The first kappa shape index (κ1) is 18.6. The van der Waals surface area contributed by atoms with E-state index in [4.69, 9.17) is 0 Å². The van der Waals surface area contributed by atoms with E-state index < -0.39 is 22.5 Å². The van der Waals surface area contributed by atoms with Gasteiger partial charge in [-0.05, 0) is 0 Å². The molecule has 126 valence electrons. The van der Waals surface area contributed by atoms with Gasteiger partial charge in [0.1, 0.15) is 0 Å². The molecule has 0 aromatic heterocycles. The van der Waals surface area contributed by atoms with Crippen LogP contribution < -0.4 is 0 Å². The van der Waals surface area contributed by atoms with Gasteiger partial charge in [-0.15, -0.1) is 0 Å². The van der Waals surface area contributed by atoms with Crippen molar-refractivity contribution in [3.63, 3.8) is 0 Å². The number of halogens is 2. The Morgan fingerprint density at radius 1 is 0.826 bits per heavy atom. The van der Waals surface area contributed by atoms with Crippen LogP contribution in [0.25, 0.3) is 0 Å². The fraction of sp³-hybridized carbons (Fsp3) is 0.450. The topological polar surface area (TPSA) is 0 Å². The Kier molecular flexibility index (Phi) is 8.30. The number of rotatable bonds is 0. The molecule has 0 amide bonds. The van der Waals surface area contributed by atoms with Gasteiger partial charge in [0.2, 0.25) is 0 Å². The largest absolute Gasteiger partial charge is 0.210 e. The Bertz CT molecular complexity index is 515. The third-order valence-electron chi connectivity index (χ3n) is 4.52. The molecule has 0 N–H and O–H groups in total. The summed E-state index contributed by atoms with van der Waals surface area (Å²) in [7, 11) is 0. The monoisotopic (exact) mass is 394 g/mol. The van der Waals surface area contributed by atoms with Crippen LogP contribution in [0.4, 0.5) is 5.25 Å². The molecule has 0 unspecified atom stereocenters. The maximum absolute atomic E-state index is 10.9. The Labute approximate surface area is 148 Å². The number of aryl methyl sites for hydroxylation is 4. The van der Waals surface area contributed by atoms with E-state index in [1.807, 2.05) is 0 Å². The Balaban J connectivity index is 0.000000132. The molecule has 0 heterocycles. The van der Waals surface area contributed by atoms with Crippen molar-refractivity contribution in [1.29, 1.82) is 0 Å². The van der Waals surface area contributed by atoms with Gasteiger partial charge in [-0.25, -0.2) is 12.1 Å². The molecule has 0 saturated carbocycles. The van der Waals surface area contributed by atoms with E-state index >= 15 is 0 Å². The smallest absolute Gasteiger partial charge is 0.0512 e. The van der Waals surface area contributed by atoms with Crippen molar-refractivity contribution in [2.24, 2.45) is 0 Å². The first-order valence-corrected chi connectivity index (χ1v) is 11.9. The first-order valence-electron chi connectivity index (χ1n) is 8.65. The van der Waals surface area contributed by atoms with Crippen molar-refractivity contribution < 1.29 is 27.7 Å². The van der Waals surface area contributed by atoms with Crippen molar-refractivity contribution in [2.45, 2.75) is 58.3 Å². The minimum Gasteiger partial charge on any atom is -0.210 e. The summed E-state index contributed by atoms with van der Waals surface area (Å²) in [5.74, 6) is 0. The van der Waals surface area contributed by atoms with E-state index in [0.717, 1.165) is 3.71 Å². The summed E-state index contributed by atoms with van der Waals surface area (Å²) in [6.45, 7) is 1.41. The molecule has 2 aromatic carbocycles. The van der Waals surface area contributed by atoms with Crippen LogP contribution in [0.15, 0.2) is 36.4 Å². The summed E-state index contributed by atoms with van der Waals surface area (Å²) in [6, 6.07) is 13.4. The molecule has 0 bridgehead atoms. The Morgan fingerprint density at radius 2 is 1.22 bits per heavy atom. The van der Waals surface area contributed by atoms with Crippen molar-refractivity contribution in [2.75, 3.05) is 0 Å². The van der Waals surface area contributed by atoms with Gasteiger partial charge in [0.25, 0.3) is 0 Å². The molecule has 0 atom stereocenters. The molecule has 4 rings (SSSR count). The van der Waals surface area contributed by atoms with Crippen LogP contribution >= 0.6 is 0 Å². The third kappa shape index (κ3) is 6.37. The van der Waals surface area contributed by atoms with Crippen LogP contribution in [-0.4, -0.2) is 3.71 Å². The fourth-order valence-electron chi connectivity index (χ4n) is 3.23. The van der Waals surface area contributed by atoms with Crippen molar-refractivity contribution in [3.8, 4) is 0 Å². The quantitative estimate of drug-likeness (QED) is 0.497. The molecule has 3 heteroatoms. The Hall–Kier alpha value is -0.687. The van der Waals surface area contributed by atoms with E-state index in [9.17, 15) is 5.25 Å². The van der Waals surface area contributed by atoms with Gasteiger partial charge in [0.05, 0.1) is 0 Å². The van der Waals surface area contributed by atoms with Crippen molar-refractivity contribution >= 4 is 3.71 Å². The number of fused-ring (bicyclic) bond motifs is 2. The summed E-state index contributed by atoms with van der Waals surface area (Å²) in [4.78, 5) is 0. The molecule has 0 fully saturated rings. The fourth-order valence-corrected chi connectivity index (χ4v) is 3.23. The number of hydrogen-bond donors (Lipinski definition) is 0. The van der Waals surface area contributed by atoms with Crippen LogP contribution in [0.5, 0.6) is 0 Å². The van der Waals surface area contributed by atoms with Crippen LogP contribution in [0.1, 0.15) is 54.9 Å². The molecule has 0 nitrogen and oxygen atoms in total. The molecule has 0 saturated heterocycles. The second-order valence-corrected chi connectivity index (χ2v) is 8.99. The average molecular weight is 396 g/mol. The van der Waals surface area contributed by atoms with Crippen molar-refractivity contribution in [1.82, 2.24) is 0 Å². The van der Waals surface area contributed by atoms with Crippen LogP contribution in [0.3, 0.4) is 0 Å². The zero-order valence-electron chi connectivity index (χ0n) is 14.0. The molecule has 23 heavy (non-hydrogen) atoms. The van der Waals surface area contributed by atoms with Crippen LogP contribution in [0.2, 0.25) is 0 Å². The molecule has 0 radical (unpaired) electrons. The zero-order valence-corrected chi connectivity index (χ0v) is 16.4. The van der Waals surface area contributed by atoms with E-state index in [-0.39, 0.29) is 0 Å². The third-order valence-corrected chi connectivity index (χ3v) is 5.59. The predicted octanol–water partition coefficient (Wildman–Crippen LogP) is 5.76.